The fourth-order valence-corrected chi connectivity index (χ4v) is 4.13. The van der Waals surface area contributed by atoms with Crippen molar-refractivity contribution in [2.24, 2.45) is 0 Å². The normalized spacial score (nSPS) is 14.1. The summed E-state index contributed by atoms with van der Waals surface area (Å²) in [4.78, 5) is 14.1. The van der Waals surface area contributed by atoms with E-state index >= 15 is 0 Å². The molecule has 1 amide bonds. The van der Waals surface area contributed by atoms with E-state index < -0.39 is 9.84 Å². The largest absolute Gasteiger partial charge is 0.307 e. The molecule has 2 aromatic rings. The highest BCUT2D eigenvalue weighted by Gasteiger charge is 2.30. The molecule has 5 heteroatoms. The van der Waals surface area contributed by atoms with E-state index in [9.17, 15) is 13.2 Å². The molecule has 0 radical (unpaired) electrons. The number of nitrogens with zero attached hydrogens (tertiary/aromatic N) is 1. The van der Waals surface area contributed by atoms with Gasteiger partial charge in [-0.25, -0.2) is 8.42 Å². The lowest BCUT2D eigenvalue weighted by molar-refractivity contribution is 0.0994. The molecule has 0 aliphatic carbocycles. The van der Waals surface area contributed by atoms with Crippen LogP contribution in [0.3, 0.4) is 0 Å². The van der Waals surface area contributed by atoms with E-state index in [4.69, 9.17) is 0 Å². The first-order chi connectivity index (χ1) is 10.0. The van der Waals surface area contributed by atoms with Gasteiger partial charge in [0.05, 0.1) is 11.4 Å². The molecule has 0 atom stereocenters. The number of rotatable bonds is 5. The second-order valence-corrected chi connectivity index (χ2v) is 7.59. The monoisotopic (exact) mass is 303 g/mol. The minimum atomic E-state index is -3.09. The molecule has 21 heavy (non-hydrogen) atoms. The molecule has 4 nitrogen and oxygen atoms in total. The summed E-state index contributed by atoms with van der Waals surface area (Å²) < 4.78 is 23.7. The molecular weight excluding hydrogens is 286 g/mol. The topological polar surface area (TPSA) is 54.5 Å². The zero-order valence-corrected chi connectivity index (χ0v) is 12.7. The lowest BCUT2D eigenvalue weighted by atomic mass is 10.1. The van der Waals surface area contributed by atoms with Crippen molar-refractivity contribution in [3.63, 3.8) is 0 Å². The van der Waals surface area contributed by atoms with Crippen LogP contribution in [-0.4, -0.2) is 32.4 Å². The van der Waals surface area contributed by atoms with Gasteiger partial charge < -0.3 is 4.90 Å². The summed E-state index contributed by atoms with van der Waals surface area (Å²) in [6.07, 6.45) is 0.603. The molecule has 110 valence electrons. The highest BCUT2D eigenvalue weighted by Crippen LogP contribution is 2.36. The first-order valence-corrected chi connectivity index (χ1v) is 8.89. The molecule has 3 rings (SSSR count). The molecule has 0 unspecified atom stereocenters. The lowest BCUT2D eigenvalue weighted by Gasteiger charge is -2.17. The number of hydrogen-bond donors (Lipinski definition) is 0. The van der Waals surface area contributed by atoms with E-state index in [-0.39, 0.29) is 24.0 Å². The van der Waals surface area contributed by atoms with Gasteiger partial charge in [0, 0.05) is 23.2 Å². The van der Waals surface area contributed by atoms with E-state index in [2.05, 4.69) is 0 Å². The average molecular weight is 303 g/mol. The predicted molar refractivity (Wildman–Crippen MR) is 84.6 cm³/mol. The number of sulfone groups is 1. The van der Waals surface area contributed by atoms with Crippen LogP contribution in [0.4, 0.5) is 5.69 Å². The van der Waals surface area contributed by atoms with Gasteiger partial charge in [0.25, 0.3) is 5.91 Å². The molecule has 1 aliphatic rings. The third kappa shape index (κ3) is 2.42. The molecule has 0 N–H and O–H groups in total. The first-order valence-electron chi connectivity index (χ1n) is 7.07. The minimum Gasteiger partial charge on any atom is -0.307 e. The highest BCUT2D eigenvalue weighted by atomic mass is 32.2. The van der Waals surface area contributed by atoms with Gasteiger partial charge in [-0.3, -0.25) is 4.79 Å². The Labute approximate surface area is 124 Å². The average Bonchev–Trinajstić information content (AvgIpc) is 2.72. The third-order valence-electron chi connectivity index (χ3n) is 3.79. The zero-order chi connectivity index (χ0) is 15.0. The smallest absolute Gasteiger partial charge is 0.259 e. The number of carbonyl (C=O) groups is 1. The van der Waals surface area contributed by atoms with Gasteiger partial charge in [-0.1, -0.05) is 31.2 Å². The lowest BCUT2D eigenvalue weighted by Crippen LogP contribution is -2.32. The van der Waals surface area contributed by atoms with Gasteiger partial charge in [-0.2, -0.15) is 0 Å². The van der Waals surface area contributed by atoms with Gasteiger partial charge in [-0.05, 0) is 23.9 Å². The molecule has 0 saturated heterocycles. The molecule has 1 heterocycles. The number of hydrogen-bond acceptors (Lipinski definition) is 3. The fraction of sp³-hybridized carbons (Fsp3) is 0.312. The van der Waals surface area contributed by atoms with E-state index in [1.54, 1.807) is 11.0 Å². The maximum absolute atomic E-state index is 12.5. The van der Waals surface area contributed by atoms with Crippen molar-refractivity contribution in [2.75, 3.05) is 23.0 Å². The van der Waals surface area contributed by atoms with Crippen LogP contribution in [0.15, 0.2) is 36.4 Å². The molecule has 0 fully saturated rings. The van der Waals surface area contributed by atoms with Crippen LogP contribution in [0.1, 0.15) is 23.7 Å². The van der Waals surface area contributed by atoms with Crippen LogP contribution in [0, 0.1) is 0 Å². The second-order valence-electron chi connectivity index (χ2n) is 5.29. The molecule has 0 saturated carbocycles. The summed E-state index contributed by atoms with van der Waals surface area (Å²) in [5.74, 6) is 0.0804. The van der Waals surface area contributed by atoms with Crippen LogP contribution in [0.2, 0.25) is 0 Å². The first kappa shape index (κ1) is 14.1. The van der Waals surface area contributed by atoms with Gasteiger partial charge in [0.15, 0.2) is 9.84 Å². The quantitative estimate of drug-likeness (QED) is 0.853. The summed E-state index contributed by atoms with van der Waals surface area (Å²) in [6, 6.07) is 11.4. The molecule has 0 aromatic heterocycles. The van der Waals surface area contributed by atoms with Gasteiger partial charge in [-0.15, -0.1) is 0 Å². The Morgan fingerprint density at radius 3 is 2.48 bits per heavy atom. The third-order valence-corrected chi connectivity index (χ3v) is 5.62. The van der Waals surface area contributed by atoms with Crippen molar-refractivity contribution in [1.29, 1.82) is 0 Å². The van der Waals surface area contributed by atoms with Crippen molar-refractivity contribution < 1.29 is 13.2 Å². The van der Waals surface area contributed by atoms with E-state index in [0.29, 0.717) is 12.0 Å². The SMILES string of the molecule is CCCS(=O)(=O)CCN1C(=O)c2cccc3cccc1c23. The number of carbonyl (C=O) groups excluding carboxylic acids is 1. The maximum atomic E-state index is 12.5. The minimum absolute atomic E-state index is 0.0109. The maximum Gasteiger partial charge on any atom is 0.259 e. The Bertz CT molecular complexity index is 806. The van der Waals surface area contributed by atoms with Crippen LogP contribution in [-0.2, 0) is 9.84 Å². The molecule has 0 bridgehead atoms. The second kappa shape index (κ2) is 5.15. The van der Waals surface area contributed by atoms with Crippen LogP contribution in [0.25, 0.3) is 10.8 Å². The van der Waals surface area contributed by atoms with Crippen molar-refractivity contribution in [3.8, 4) is 0 Å². The standard InChI is InChI=1S/C16H17NO3S/c1-2-10-21(19,20)11-9-17-14-8-4-6-12-5-3-7-13(15(12)14)16(17)18/h3-8H,2,9-11H2,1H3. The Hall–Kier alpha value is -1.88. The van der Waals surface area contributed by atoms with Crippen molar-refractivity contribution in [2.45, 2.75) is 13.3 Å². The summed E-state index contributed by atoms with van der Waals surface area (Å²) in [7, 11) is -3.09. The summed E-state index contributed by atoms with van der Waals surface area (Å²) in [6.45, 7) is 2.06. The van der Waals surface area contributed by atoms with E-state index in [1.165, 1.54) is 0 Å². The van der Waals surface area contributed by atoms with E-state index in [0.717, 1.165) is 16.5 Å². The van der Waals surface area contributed by atoms with E-state index in [1.807, 2.05) is 37.3 Å². The van der Waals surface area contributed by atoms with Crippen molar-refractivity contribution in [1.82, 2.24) is 0 Å². The molecular formula is C16H17NO3S. The number of anilines is 1. The number of amides is 1. The predicted octanol–water partition coefficient (Wildman–Crippen LogP) is 2.62. The Morgan fingerprint density at radius 1 is 1.05 bits per heavy atom. The molecule has 0 spiro atoms. The van der Waals surface area contributed by atoms with Crippen LogP contribution in [0.5, 0.6) is 0 Å². The van der Waals surface area contributed by atoms with Crippen LogP contribution >= 0.6 is 0 Å². The molecule has 1 aliphatic heterocycles. The van der Waals surface area contributed by atoms with Crippen LogP contribution < -0.4 is 4.90 Å². The molecule has 2 aromatic carbocycles. The van der Waals surface area contributed by atoms with Crippen molar-refractivity contribution >= 4 is 32.2 Å². The summed E-state index contributed by atoms with van der Waals surface area (Å²) in [5.41, 5.74) is 1.48. The Kier molecular flexibility index (Phi) is 3.45. The fourth-order valence-electron chi connectivity index (χ4n) is 2.84. The van der Waals surface area contributed by atoms with Gasteiger partial charge in [0.2, 0.25) is 0 Å². The van der Waals surface area contributed by atoms with Gasteiger partial charge >= 0.3 is 0 Å². The zero-order valence-electron chi connectivity index (χ0n) is 11.9. The Morgan fingerprint density at radius 2 is 1.76 bits per heavy atom. The number of benzene rings is 2. The van der Waals surface area contributed by atoms with Gasteiger partial charge in [0.1, 0.15) is 0 Å². The van der Waals surface area contributed by atoms with Crippen molar-refractivity contribution in [3.05, 3.63) is 42.0 Å². The highest BCUT2D eigenvalue weighted by molar-refractivity contribution is 7.91. The Balaban J connectivity index is 1.94. The summed E-state index contributed by atoms with van der Waals surface area (Å²) in [5, 5.41) is 1.94. The summed E-state index contributed by atoms with van der Waals surface area (Å²) >= 11 is 0.